The van der Waals surface area contributed by atoms with Crippen molar-refractivity contribution in [2.75, 3.05) is 0 Å². The summed E-state index contributed by atoms with van der Waals surface area (Å²) < 4.78 is 5.87. The van der Waals surface area contributed by atoms with E-state index in [9.17, 15) is 50.8 Å². The van der Waals surface area contributed by atoms with E-state index >= 15 is 0 Å². The largest absolute Gasteiger partial charge is 0.508 e. The summed E-state index contributed by atoms with van der Waals surface area (Å²) in [6, 6.07) is 4.95. The van der Waals surface area contributed by atoms with Gasteiger partial charge in [-0.3, -0.25) is 0 Å². The number of carboxylic acid groups (broad SMARTS) is 1. The fraction of sp³-hybridized carbons (Fsp3) is 0.136. The molecule has 9 N–H and O–H groups in total. The average molecular weight is 458 g/mol. The number of rotatable bonds is 3. The highest BCUT2D eigenvalue weighted by atomic mass is 16.5. The number of phenolic OH excluding ortho intramolecular Hbond substituents is 7. The lowest BCUT2D eigenvalue weighted by atomic mass is 9.80. The third-order valence-electron chi connectivity index (χ3n) is 5.52. The van der Waals surface area contributed by atoms with Crippen LogP contribution in [0, 0.1) is 0 Å². The maximum Gasteiger partial charge on any atom is 0.339 e. The van der Waals surface area contributed by atoms with Gasteiger partial charge in [-0.2, -0.15) is 0 Å². The van der Waals surface area contributed by atoms with Crippen molar-refractivity contribution in [3.63, 3.8) is 0 Å². The van der Waals surface area contributed by atoms with Crippen molar-refractivity contribution in [3.05, 3.63) is 52.6 Å². The summed E-state index contributed by atoms with van der Waals surface area (Å²) in [7, 11) is 0. The predicted molar refractivity (Wildman–Crippen MR) is 109 cm³/mol. The number of phenols is 8. The van der Waals surface area contributed by atoms with Gasteiger partial charge in [0, 0.05) is 40.8 Å². The molecule has 3 aromatic rings. The van der Waals surface area contributed by atoms with E-state index in [1.54, 1.807) is 0 Å². The summed E-state index contributed by atoms with van der Waals surface area (Å²) in [5, 5.41) is 90.4. The summed E-state index contributed by atoms with van der Waals surface area (Å²) in [5.74, 6) is -8.28. The van der Waals surface area contributed by atoms with Crippen LogP contribution in [0.4, 0.5) is 0 Å². The molecule has 172 valence electrons. The average Bonchev–Trinajstić information content (AvgIpc) is 2.74. The molecule has 1 unspecified atom stereocenters. The van der Waals surface area contributed by atoms with E-state index in [2.05, 4.69) is 0 Å². The van der Waals surface area contributed by atoms with E-state index in [-0.39, 0.29) is 34.8 Å². The number of hydrogen-bond acceptors (Lipinski definition) is 10. The first-order valence-electron chi connectivity index (χ1n) is 9.47. The number of carbonyl (C=O) groups is 1. The summed E-state index contributed by atoms with van der Waals surface area (Å²) >= 11 is 0. The molecule has 0 saturated heterocycles. The van der Waals surface area contributed by atoms with Crippen LogP contribution in [0.2, 0.25) is 0 Å². The van der Waals surface area contributed by atoms with Crippen LogP contribution < -0.4 is 4.74 Å². The molecular weight excluding hydrogens is 440 g/mol. The van der Waals surface area contributed by atoms with E-state index in [0.29, 0.717) is 6.07 Å². The zero-order valence-electron chi connectivity index (χ0n) is 16.6. The van der Waals surface area contributed by atoms with Gasteiger partial charge in [-0.15, -0.1) is 0 Å². The Morgan fingerprint density at radius 2 is 1.36 bits per heavy atom. The Morgan fingerprint density at radius 1 is 0.758 bits per heavy atom. The number of aromatic carboxylic acids is 1. The Kier molecular flexibility index (Phi) is 4.89. The molecule has 0 amide bonds. The minimum absolute atomic E-state index is 0.00149. The molecule has 3 aromatic carbocycles. The van der Waals surface area contributed by atoms with Crippen LogP contribution in [0.1, 0.15) is 39.1 Å². The predicted octanol–water partition coefficient (Wildman–Crippen LogP) is 2.49. The summed E-state index contributed by atoms with van der Waals surface area (Å²) in [6.45, 7) is 0. The molecule has 2 atom stereocenters. The van der Waals surface area contributed by atoms with Crippen molar-refractivity contribution in [3.8, 4) is 51.7 Å². The zero-order valence-corrected chi connectivity index (χ0v) is 16.6. The Hall–Kier alpha value is -4.67. The van der Waals surface area contributed by atoms with Crippen LogP contribution in [0.5, 0.6) is 51.7 Å². The van der Waals surface area contributed by atoms with Crippen molar-refractivity contribution in [2.24, 2.45) is 0 Å². The van der Waals surface area contributed by atoms with Crippen LogP contribution in [-0.4, -0.2) is 51.9 Å². The molecule has 0 bridgehead atoms. The molecular formula is C22H18O11. The van der Waals surface area contributed by atoms with E-state index in [1.807, 2.05) is 0 Å². The molecule has 11 heteroatoms. The molecule has 33 heavy (non-hydrogen) atoms. The Morgan fingerprint density at radius 3 is 1.97 bits per heavy atom. The molecule has 0 spiro atoms. The molecule has 4 rings (SSSR count). The maximum atomic E-state index is 11.5. The van der Waals surface area contributed by atoms with Gasteiger partial charge in [-0.25, -0.2) is 4.79 Å². The lowest BCUT2D eigenvalue weighted by Gasteiger charge is -2.35. The summed E-state index contributed by atoms with van der Waals surface area (Å²) in [5.41, 5.74) is -0.973. The second kappa shape index (κ2) is 7.48. The molecule has 1 aliphatic heterocycles. The van der Waals surface area contributed by atoms with Gasteiger partial charge in [0.1, 0.15) is 34.7 Å². The van der Waals surface area contributed by atoms with Crippen LogP contribution in [0.3, 0.4) is 0 Å². The number of fused-ring (bicyclic) bond motifs is 1. The van der Waals surface area contributed by atoms with Crippen LogP contribution >= 0.6 is 0 Å². The van der Waals surface area contributed by atoms with E-state index in [4.69, 9.17) is 4.74 Å². The normalized spacial score (nSPS) is 17.2. The zero-order chi connectivity index (χ0) is 24.2. The molecule has 1 aliphatic rings. The van der Waals surface area contributed by atoms with Gasteiger partial charge in [0.05, 0.1) is 0 Å². The van der Waals surface area contributed by atoms with Crippen molar-refractivity contribution >= 4 is 5.97 Å². The van der Waals surface area contributed by atoms with Gasteiger partial charge >= 0.3 is 5.97 Å². The molecule has 0 fully saturated rings. The molecule has 1 heterocycles. The standard InChI is InChI=1S/C22H18O11/c23-8-3-12(24)9-5-10(17-18(28)11(22(31)32)6-15(27)20(17)30)21(33-16(9)4-8)7-1-13(25)19(29)14(26)2-7/h1-4,6,10,21,23-30H,5H2,(H,31,32)/t10?,21-/m0/s1. The third kappa shape index (κ3) is 3.45. The fourth-order valence-corrected chi connectivity index (χ4v) is 4.00. The number of ether oxygens (including phenoxy) is 1. The highest BCUT2D eigenvalue weighted by Crippen LogP contribution is 2.54. The van der Waals surface area contributed by atoms with Crippen molar-refractivity contribution in [1.29, 1.82) is 0 Å². The number of benzene rings is 3. The lowest BCUT2D eigenvalue weighted by molar-refractivity contribution is 0.0692. The van der Waals surface area contributed by atoms with E-state index in [1.165, 1.54) is 6.07 Å². The van der Waals surface area contributed by atoms with E-state index in [0.717, 1.165) is 18.2 Å². The highest BCUT2D eigenvalue weighted by molar-refractivity contribution is 5.93. The Bertz CT molecular complexity index is 1280. The van der Waals surface area contributed by atoms with Crippen molar-refractivity contribution in [1.82, 2.24) is 0 Å². The first kappa shape index (κ1) is 21.6. The van der Waals surface area contributed by atoms with Gasteiger partial charge in [-0.05, 0) is 18.6 Å². The molecule has 0 radical (unpaired) electrons. The fourth-order valence-electron chi connectivity index (χ4n) is 4.00. The van der Waals surface area contributed by atoms with Gasteiger partial charge in [0.25, 0.3) is 0 Å². The van der Waals surface area contributed by atoms with Crippen LogP contribution in [-0.2, 0) is 6.42 Å². The van der Waals surface area contributed by atoms with Gasteiger partial charge in [0.2, 0.25) is 0 Å². The van der Waals surface area contributed by atoms with Gasteiger partial charge in [-0.1, -0.05) is 0 Å². The second-order valence-electron chi connectivity index (χ2n) is 7.56. The number of hydrogen-bond donors (Lipinski definition) is 9. The Balaban J connectivity index is 1.99. The minimum atomic E-state index is -1.59. The van der Waals surface area contributed by atoms with Crippen molar-refractivity contribution in [2.45, 2.75) is 18.4 Å². The highest BCUT2D eigenvalue weighted by Gasteiger charge is 2.40. The molecule has 0 saturated carbocycles. The third-order valence-corrected chi connectivity index (χ3v) is 5.52. The SMILES string of the molecule is O=C(O)c1cc(O)c(O)c(C2Cc3c(O)cc(O)cc3O[C@H]2c2cc(O)c(O)c(O)c2)c1O. The topological polar surface area (TPSA) is 208 Å². The lowest BCUT2D eigenvalue weighted by Crippen LogP contribution is -2.25. The summed E-state index contributed by atoms with van der Waals surface area (Å²) in [4.78, 5) is 11.5. The van der Waals surface area contributed by atoms with E-state index < -0.39 is 63.6 Å². The summed E-state index contributed by atoms with van der Waals surface area (Å²) in [6.07, 6.45) is -1.46. The van der Waals surface area contributed by atoms with Gasteiger partial charge < -0.3 is 50.7 Å². The monoisotopic (exact) mass is 458 g/mol. The van der Waals surface area contributed by atoms with Crippen molar-refractivity contribution < 1.29 is 55.5 Å². The smallest absolute Gasteiger partial charge is 0.339 e. The first-order chi connectivity index (χ1) is 15.5. The molecule has 11 nitrogen and oxygen atoms in total. The van der Waals surface area contributed by atoms with Crippen LogP contribution in [0.15, 0.2) is 30.3 Å². The Labute approximate surface area is 184 Å². The molecule has 0 aliphatic carbocycles. The van der Waals surface area contributed by atoms with Gasteiger partial charge in [0.15, 0.2) is 28.7 Å². The minimum Gasteiger partial charge on any atom is -0.508 e. The molecule has 0 aromatic heterocycles. The quantitative estimate of drug-likeness (QED) is 0.206. The number of aromatic hydroxyl groups is 8. The van der Waals surface area contributed by atoms with Crippen LogP contribution in [0.25, 0.3) is 0 Å². The first-order valence-corrected chi connectivity index (χ1v) is 9.47. The maximum absolute atomic E-state index is 11.5. The number of carboxylic acids is 1. The second-order valence-corrected chi connectivity index (χ2v) is 7.56.